The largest absolute Gasteiger partial charge is 0.493 e. The second kappa shape index (κ2) is 13.8. The van der Waals surface area contributed by atoms with Crippen molar-refractivity contribution in [2.45, 2.75) is 52.9 Å². The Kier molecular flexibility index (Phi) is 10.2. The Bertz CT molecular complexity index is 1520. The van der Waals surface area contributed by atoms with Crippen molar-refractivity contribution >= 4 is 30.8 Å². The number of amides is 1. The van der Waals surface area contributed by atoms with E-state index in [4.69, 9.17) is 23.4 Å². The average Bonchev–Trinajstić information content (AvgIpc) is 3.67. The summed E-state index contributed by atoms with van der Waals surface area (Å²) >= 11 is 0. The third kappa shape index (κ3) is 8.31. The summed E-state index contributed by atoms with van der Waals surface area (Å²) in [7, 11) is 2.72. The number of carbonyl (C=O) groups excluding carboxylic acids is 1. The molecular weight excluding hydrogens is 580 g/mol. The number of hydrogen-bond donors (Lipinski definition) is 2. The Morgan fingerprint density at radius 3 is 2.34 bits per heavy atom. The van der Waals surface area contributed by atoms with Crippen molar-refractivity contribution in [2.24, 2.45) is 5.41 Å². The van der Waals surface area contributed by atoms with Gasteiger partial charge in [0.1, 0.15) is 0 Å². The summed E-state index contributed by atoms with van der Waals surface area (Å²) in [6.45, 7) is 12.9. The van der Waals surface area contributed by atoms with Gasteiger partial charge in [-0.1, -0.05) is 45.1 Å². The lowest BCUT2D eigenvalue weighted by atomic mass is 10.0. The Morgan fingerprint density at radius 1 is 1.00 bits per heavy atom. The van der Waals surface area contributed by atoms with Crippen molar-refractivity contribution in [3.63, 3.8) is 0 Å². The van der Waals surface area contributed by atoms with Gasteiger partial charge in [-0.3, -0.25) is 4.79 Å². The Morgan fingerprint density at radius 2 is 1.73 bits per heavy atom. The molecule has 236 valence electrons. The maximum atomic E-state index is 13.2. The number of anilines is 2. The van der Waals surface area contributed by atoms with Crippen molar-refractivity contribution in [1.29, 1.82) is 0 Å². The van der Waals surface area contributed by atoms with Crippen LogP contribution in [0.1, 0.15) is 37.7 Å². The molecule has 12 nitrogen and oxygen atoms in total. The molecule has 13 heteroatoms. The molecule has 0 saturated carbocycles. The smallest absolute Gasteiger partial charge is 0.291 e. The van der Waals surface area contributed by atoms with E-state index in [1.54, 1.807) is 25.7 Å². The van der Waals surface area contributed by atoms with Gasteiger partial charge in [0, 0.05) is 31.5 Å². The fourth-order valence-corrected chi connectivity index (χ4v) is 9.08. The molecule has 0 aliphatic carbocycles. The van der Waals surface area contributed by atoms with Crippen LogP contribution in [0.3, 0.4) is 0 Å². The zero-order chi connectivity index (χ0) is 31.9. The summed E-state index contributed by atoms with van der Waals surface area (Å²) in [5.74, 6) is 1.27. The van der Waals surface area contributed by atoms with Crippen molar-refractivity contribution in [1.82, 2.24) is 19.5 Å². The van der Waals surface area contributed by atoms with Crippen LogP contribution in [-0.2, 0) is 6.54 Å². The van der Waals surface area contributed by atoms with E-state index in [2.05, 4.69) is 65.5 Å². The number of hydrogen-bond acceptors (Lipinski definition) is 10. The predicted molar refractivity (Wildman–Crippen MR) is 172 cm³/mol. The first-order valence-corrected chi connectivity index (χ1v) is 17.6. The lowest BCUT2D eigenvalue weighted by Crippen LogP contribution is -2.44. The minimum atomic E-state index is -1.77. The fraction of sp³-hybridized carbons (Fsp3) is 0.419. The van der Waals surface area contributed by atoms with Crippen molar-refractivity contribution in [2.75, 3.05) is 38.5 Å². The number of rotatable bonds is 14. The first-order valence-electron chi connectivity index (χ1n) is 14.4. The molecule has 0 bridgehead atoms. The number of ether oxygens (including phenoxy) is 4. The molecule has 3 aromatic heterocycles. The molecule has 0 unspecified atom stereocenters. The number of imidazole rings is 1. The highest BCUT2D eigenvalue weighted by molar-refractivity contribution is 6.89. The molecule has 0 fully saturated rings. The zero-order valence-electron chi connectivity index (χ0n) is 26.7. The van der Waals surface area contributed by atoms with E-state index in [0.29, 0.717) is 24.0 Å². The van der Waals surface area contributed by atoms with Gasteiger partial charge in [-0.15, -0.1) is 0 Å². The van der Waals surface area contributed by atoms with Crippen LogP contribution in [-0.4, -0.2) is 61.4 Å². The number of carbonyl (C=O) groups is 1. The van der Waals surface area contributed by atoms with Gasteiger partial charge in [-0.05, 0) is 36.1 Å². The van der Waals surface area contributed by atoms with Crippen LogP contribution in [0, 0.1) is 5.41 Å². The maximum absolute atomic E-state index is 13.2. The molecule has 44 heavy (non-hydrogen) atoms. The van der Waals surface area contributed by atoms with Gasteiger partial charge >= 0.3 is 0 Å². The molecule has 0 atom stereocenters. The lowest BCUT2D eigenvalue weighted by Gasteiger charge is -2.31. The molecule has 1 amide bonds. The summed E-state index contributed by atoms with van der Waals surface area (Å²) in [6, 6.07) is 10.2. The van der Waals surface area contributed by atoms with E-state index in [1.165, 1.54) is 25.5 Å². The van der Waals surface area contributed by atoms with E-state index in [-0.39, 0.29) is 34.6 Å². The number of nitrogens with zero attached hydrogens (tertiary/aromatic N) is 4. The number of methoxy groups -OCH3 is 3. The molecule has 4 aromatic rings. The Hall–Kier alpha value is -4.52. The SMILES string of the molecule is COc1ccc([Si](C)(C)CC(C)(C)C)cc1Oc1ccc(C(=O)Nc2c(OC)nc(NCCCn3ccnc3)nc2OC)o1. The van der Waals surface area contributed by atoms with Gasteiger partial charge in [0.2, 0.25) is 17.7 Å². The van der Waals surface area contributed by atoms with E-state index in [1.807, 2.05) is 22.9 Å². The first kappa shape index (κ1) is 32.4. The summed E-state index contributed by atoms with van der Waals surface area (Å²) in [5, 5.41) is 7.14. The third-order valence-corrected chi connectivity index (χ3v) is 10.7. The number of aryl methyl sites for hydroxylation is 1. The van der Waals surface area contributed by atoms with Gasteiger partial charge in [0.25, 0.3) is 11.9 Å². The molecule has 4 rings (SSSR count). The van der Waals surface area contributed by atoms with Crippen LogP contribution in [0.25, 0.3) is 0 Å². The zero-order valence-corrected chi connectivity index (χ0v) is 27.7. The van der Waals surface area contributed by atoms with E-state index in [9.17, 15) is 4.79 Å². The van der Waals surface area contributed by atoms with Crippen molar-refractivity contribution < 1.29 is 28.2 Å². The molecule has 3 heterocycles. The topological polar surface area (TPSA) is 135 Å². The molecule has 0 aliphatic rings. The van der Waals surface area contributed by atoms with Crippen LogP contribution in [0.5, 0.6) is 29.2 Å². The standard InChI is InChI=1S/C31H42N6O6Si/c1-31(2,3)19-44(7,8)21-10-11-22(39-4)24(18-21)43-25-13-12-23(42-25)27(38)34-26-28(40-5)35-30(36-29(26)41-6)33-14-9-16-37-17-15-32-20-37/h10-13,15,17-18,20H,9,14,16,19H2,1-8H3,(H,34,38)(H,33,35,36). The lowest BCUT2D eigenvalue weighted by molar-refractivity contribution is 0.0990. The minimum absolute atomic E-state index is 0.0170. The van der Waals surface area contributed by atoms with Gasteiger partial charge in [-0.25, -0.2) is 4.98 Å². The van der Waals surface area contributed by atoms with Gasteiger partial charge in [-0.2, -0.15) is 9.97 Å². The molecule has 0 aliphatic heterocycles. The molecule has 0 radical (unpaired) electrons. The Balaban J connectivity index is 1.46. The average molecular weight is 623 g/mol. The number of aromatic nitrogens is 4. The van der Waals surface area contributed by atoms with Crippen LogP contribution in [0.4, 0.5) is 11.6 Å². The number of furan rings is 1. The quantitative estimate of drug-likeness (QED) is 0.131. The van der Waals surface area contributed by atoms with Gasteiger partial charge in [0.05, 0.1) is 35.7 Å². The van der Waals surface area contributed by atoms with Crippen molar-refractivity contribution in [3.05, 3.63) is 54.8 Å². The van der Waals surface area contributed by atoms with E-state index >= 15 is 0 Å². The predicted octanol–water partition coefficient (Wildman–Crippen LogP) is 5.80. The van der Waals surface area contributed by atoms with Crippen LogP contribution in [0.2, 0.25) is 19.1 Å². The molecule has 0 spiro atoms. The molecular formula is C31H42N6O6Si. The Labute approximate surface area is 259 Å². The minimum Gasteiger partial charge on any atom is -0.493 e. The highest BCUT2D eigenvalue weighted by Crippen LogP contribution is 2.36. The number of benzene rings is 1. The summed E-state index contributed by atoms with van der Waals surface area (Å²) in [5.41, 5.74) is 0.372. The molecule has 2 N–H and O–H groups in total. The molecule has 1 aromatic carbocycles. The highest BCUT2D eigenvalue weighted by atomic mass is 28.3. The normalized spacial score (nSPS) is 11.6. The second-order valence-electron chi connectivity index (χ2n) is 12.2. The van der Waals surface area contributed by atoms with Crippen molar-refractivity contribution in [3.8, 4) is 29.2 Å². The number of nitrogens with one attached hydrogen (secondary N) is 2. The van der Waals surface area contributed by atoms with E-state index in [0.717, 1.165) is 19.0 Å². The summed E-state index contributed by atoms with van der Waals surface area (Å²) < 4.78 is 30.3. The maximum Gasteiger partial charge on any atom is 0.291 e. The molecule has 0 saturated heterocycles. The second-order valence-corrected chi connectivity index (χ2v) is 16.9. The van der Waals surface area contributed by atoms with E-state index < -0.39 is 14.0 Å². The van der Waals surface area contributed by atoms with Crippen LogP contribution in [0.15, 0.2) is 53.5 Å². The van der Waals surface area contributed by atoms with Crippen LogP contribution < -0.4 is 34.8 Å². The summed E-state index contributed by atoms with van der Waals surface area (Å²) in [4.78, 5) is 26.0. The third-order valence-electron chi connectivity index (χ3n) is 6.84. The van der Waals surface area contributed by atoms with Gasteiger partial charge < -0.3 is 38.6 Å². The fourth-order valence-electron chi connectivity index (χ4n) is 5.17. The summed E-state index contributed by atoms with van der Waals surface area (Å²) in [6.07, 6.45) is 6.22. The monoisotopic (exact) mass is 622 g/mol. The first-order chi connectivity index (χ1) is 20.9. The van der Waals surface area contributed by atoms with Crippen LogP contribution >= 0.6 is 0 Å². The van der Waals surface area contributed by atoms with Gasteiger partial charge in [0.15, 0.2) is 22.9 Å². The highest BCUT2D eigenvalue weighted by Gasteiger charge is 2.30.